The second-order valence-corrected chi connectivity index (χ2v) is 8.18. The summed E-state index contributed by atoms with van der Waals surface area (Å²) in [4.78, 5) is 24.2. The fraction of sp³-hybridized carbons (Fsp3) is 0.455. The quantitative estimate of drug-likeness (QED) is 0.743. The monoisotopic (exact) mass is 390 g/mol. The Morgan fingerprint density at radius 3 is 2.90 bits per heavy atom. The Bertz CT molecular complexity index is 1040. The predicted molar refractivity (Wildman–Crippen MR) is 112 cm³/mol. The van der Waals surface area contributed by atoms with Crippen LogP contribution >= 0.6 is 0 Å². The van der Waals surface area contributed by atoms with Gasteiger partial charge in [-0.2, -0.15) is 4.98 Å². The highest BCUT2D eigenvalue weighted by Gasteiger charge is 2.37. The second-order valence-electron chi connectivity index (χ2n) is 8.18. The smallest absolute Gasteiger partial charge is 0.249 e. The van der Waals surface area contributed by atoms with Gasteiger partial charge in [0, 0.05) is 29.7 Å². The summed E-state index contributed by atoms with van der Waals surface area (Å²) >= 11 is 0. The lowest BCUT2D eigenvalue weighted by molar-refractivity contribution is -0.124. The van der Waals surface area contributed by atoms with E-state index < -0.39 is 0 Å². The summed E-state index contributed by atoms with van der Waals surface area (Å²) in [7, 11) is 0. The van der Waals surface area contributed by atoms with Crippen molar-refractivity contribution >= 4 is 17.5 Å². The van der Waals surface area contributed by atoms with Crippen LogP contribution in [0.15, 0.2) is 36.7 Å². The lowest BCUT2D eigenvalue weighted by Gasteiger charge is -2.43. The lowest BCUT2D eigenvalue weighted by atomic mass is 9.83. The number of carbonyl (C=O) groups excluding carboxylic acids is 1. The molecule has 1 amide bonds. The molecule has 5 rings (SSSR count). The zero-order valence-corrected chi connectivity index (χ0v) is 16.7. The van der Waals surface area contributed by atoms with Gasteiger partial charge in [0.1, 0.15) is 0 Å². The predicted octanol–water partition coefficient (Wildman–Crippen LogP) is 3.30. The molecule has 7 heteroatoms. The molecule has 150 valence electrons. The Kier molecular flexibility index (Phi) is 4.75. The van der Waals surface area contributed by atoms with Crippen LogP contribution in [0.1, 0.15) is 37.8 Å². The molecular formula is C22H26N6O. The summed E-state index contributed by atoms with van der Waals surface area (Å²) in [6.07, 6.45) is 9.36. The minimum atomic E-state index is 0.0333. The molecule has 2 atom stereocenters. The van der Waals surface area contributed by atoms with Gasteiger partial charge >= 0.3 is 0 Å². The van der Waals surface area contributed by atoms with Crippen molar-refractivity contribution in [1.29, 1.82) is 0 Å². The highest BCUT2D eigenvalue weighted by atomic mass is 16.2. The summed E-state index contributed by atoms with van der Waals surface area (Å²) in [6, 6.07) is 8.34. The molecule has 7 nitrogen and oxygen atoms in total. The largest absolute Gasteiger partial charge is 0.300 e. The van der Waals surface area contributed by atoms with Gasteiger partial charge < -0.3 is 0 Å². The van der Waals surface area contributed by atoms with Gasteiger partial charge in [0.2, 0.25) is 11.9 Å². The van der Waals surface area contributed by atoms with Crippen LogP contribution in [0.2, 0.25) is 0 Å². The molecule has 2 saturated heterocycles. The van der Waals surface area contributed by atoms with Crippen LogP contribution in [0.25, 0.3) is 16.8 Å². The summed E-state index contributed by atoms with van der Waals surface area (Å²) in [5.74, 6) is 0.472. The zero-order chi connectivity index (χ0) is 19.8. The SMILES string of the molecule is Cc1cc(-c2ccc3nc(NC(=O)[C@@H]4CCCN5CCCC[C@H]45)nn3c2)ccn1. The third-order valence-electron chi connectivity index (χ3n) is 6.22. The number of hydrogen-bond donors (Lipinski definition) is 1. The van der Waals surface area contributed by atoms with E-state index in [2.05, 4.69) is 25.3 Å². The number of nitrogens with zero attached hydrogens (tertiary/aromatic N) is 5. The molecule has 29 heavy (non-hydrogen) atoms. The average molecular weight is 390 g/mol. The Hall–Kier alpha value is -2.80. The van der Waals surface area contributed by atoms with Crippen LogP contribution in [0.4, 0.5) is 5.95 Å². The van der Waals surface area contributed by atoms with Crippen LogP contribution in [-0.4, -0.2) is 49.5 Å². The van der Waals surface area contributed by atoms with E-state index in [0.29, 0.717) is 12.0 Å². The van der Waals surface area contributed by atoms with E-state index in [1.165, 1.54) is 12.8 Å². The highest BCUT2D eigenvalue weighted by molar-refractivity contribution is 5.91. The van der Waals surface area contributed by atoms with Gasteiger partial charge in [-0.3, -0.25) is 20.0 Å². The standard InChI is InChI=1S/C22H26N6O/c1-15-13-16(9-10-23-15)17-7-8-20-24-22(26-28(20)14-17)25-21(29)18-5-4-12-27-11-3-2-6-19(18)27/h7-10,13-14,18-19H,2-6,11-12H2,1H3,(H,25,26,29)/t18-,19-/m1/s1. The molecule has 0 aromatic carbocycles. The maximum atomic E-state index is 13.0. The first-order valence-corrected chi connectivity index (χ1v) is 10.5. The second kappa shape index (κ2) is 7.55. The fourth-order valence-corrected chi connectivity index (χ4v) is 4.80. The summed E-state index contributed by atoms with van der Waals surface area (Å²) in [5, 5.41) is 7.49. The number of aryl methyl sites for hydroxylation is 1. The van der Waals surface area contributed by atoms with Crippen LogP contribution in [0.3, 0.4) is 0 Å². The molecule has 0 unspecified atom stereocenters. The van der Waals surface area contributed by atoms with Gasteiger partial charge in [0.25, 0.3) is 0 Å². The van der Waals surface area contributed by atoms with E-state index in [4.69, 9.17) is 0 Å². The maximum absolute atomic E-state index is 13.0. The molecule has 2 aliphatic heterocycles. The van der Waals surface area contributed by atoms with Gasteiger partial charge in [0.15, 0.2) is 5.65 Å². The normalized spacial score (nSPS) is 22.4. The van der Waals surface area contributed by atoms with Crippen molar-refractivity contribution in [3.63, 3.8) is 0 Å². The van der Waals surface area contributed by atoms with E-state index in [0.717, 1.165) is 54.8 Å². The number of pyridine rings is 2. The van der Waals surface area contributed by atoms with E-state index >= 15 is 0 Å². The summed E-state index contributed by atoms with van der Waals surface area (Å²) < 4.78 is 1.73. The lowest BCUT2D eigenvalue weighted by Crippen LogP contribution is -2.51. The molecule has 1 N–H and O–H groups in total. The number of fused-ring (bicyclic) bond motifs is 2. The van der Waals surface area contributed by atoms with Crippen molar-refractivity contribution in [2.75, 3.05) is 18.4 Å². The van der Waals surface area contributed by atoms with Crippen molar-refractivity contribution in [3.05, 3.63) is 42.4 Å². The van der Waals surface area contributed by atoms with Crippen molar-refractivity contribution in [1.82, 2.24) is 24.5 Å². The zero-order valence-electron chi connectivity index (χ0n) is 16.7. The first-order valence-electron chi connectivity index (χ1n) is 10.5. The molecule has 0 bridgehead atoms. The number of nitrogens with one attached hydrogen (secondary N) is 1. The minimum Gasteiger partial charge on any atom is -0.300 e. The van der Waals surface area contributed by atoms with Gasteiger partial charge in [-0.05, 0) is 75.5 Å². The maximum Gasteiger partial charge on any atom is 0.249 e. The van der Waals surface area contributed by atoms with Crippen molar-refractivity contribution < 1.29 is 4.79 Å². The van der Waals surface area contributed by atoms with Crippen molar-refractivity contribution in [2.24, 2.45) is 5.92 Å². The molecule has 2 fully saturated rings. The topological polar surface area (TPSA) is 75.4 Å². The van der Waals surface area contributed by atoms with E-state index in [9.17, 15) is 4.79 Å². The van der Waals surface area contributed by atoms with Crippen molar-refractivity contribution in [3.8, 4) is 11.1 Å². The number of carbonyl (C=O) groups is 1. The Morgan fingerprint density at radius 2 is 2.00 bits per heavy atom. The van der Waals surface area contributed by atoms with Gasteiger partial charge in [-0.15, -0.1) is 5.10 Å². The molecule has 0 aliphatic carbocycles. The number of amides is 1. The first-order chi connectivity index (χ1) is 14.2. The van der Waals surface area contributed by atoms with E-state index in [1.807, 2.05) is 37.4 Å². The van der Waals surface area contributed by atoms with Crippen LogP contribution < -0.4 is 5.32 Å². The van der Waals surface area contributed by atoms with Crippen LogP contribution in [0, 0.1) is 12.8 Å². The number of rotatable bonds is 3. The number of anilines is 1. The van der Waals surface area contributed by atoms with Crippen LogP contribution in [0.5, 0.6) is 0 Å². The van der Waals surface area contributed by atoms with Gasteiger partial charge in [-0.1, -0.05) is 6.42 Å². The minimum absolute atomic E-state index is 0.0333. The number of aromatic nitrogens is 4. The average Bonchev–Trinajstić information content (AvgIpc) is 3.14. The molecule has 3 aromatic rings. The molecule has 0 radical (unpaired) electrons. The first kappa shape index (κ1) is 18.2. The number of piperidine rings is 2. The molecule has 0 spiro atoms. The Balaban J connectivity index is 1.36. The van der Waals surface area contributed by atoms with E-state index in [-0.39, 0.29) is 11.8 Å². The molecule has 3 aromatic heterocycles. The fourth-order valence-electron chi connectivity index (χ4n) is 4.80. The Labute approximate surface area is 170 Å². The molecule has 5 heterocycles. The van der Waals surface area contributed by atoms with Gasteiger partial charge in [-0.25, -0.2) is 4.52 Å². The summed E-state index contributed by atoms with van der Waals surface area (Å²) in [5.41, 5.74) is 3.81. The van der Waals surface area contributed by atoms with Gasteiger partial charge in [0.05, 0.1) is 5.92 Å². The summed E-state index contributed by atoms with van der Waals surface area (Å²) in [6.45, 7) is 4.22. The number of hydrogen-bond acceptors (Lipinski definition) is 5. The van der Waals surface area contributed by atoms with Crippen molar-refractivity contribution in [2.45, 2.75) is 45.1 Å². The third kappa shape index (κ3) is 3.62. The third-order valence-corrected chi connectivity index (χ3v) is 6.22. The molecule has 0 saturated carbocycles. The Morgan fingerprint density at radius 1 is 1.10 bits per heavy atom. The molecule has 2 aliphatic rings. The highest BCUT2D eigenvalue weighted by Crippen LogP contribution is 2.31. The van der Waals surface area contributed by atoms with Crippen LogP contribution in [-0.2, 0) is 4.79 Å². The van der Waals surface area contributed by atoms with E-state index in [1.54, 1.807) is 10.7 Å². The molecular weight excluding hydrogens is 364 g/mol.